The Morgan fingerprint density at radius 3 is 2.75 bits per heavy atom. The highest BCUT2D eigenvalue weighted by Crippen LogP contribution is 2.49. The molecule has 12 heavy (non-hydrogen) atoms. The smallest absolute Gasteiger partial charge is 0.0698 e. The molecule has 3 heteroatoms. The summed E-state index contributed by atoms with van der Waals surface area (Å²) in [6.45, 7) is 0. The molecule has 0 spiro atoms. The Balaban J connectivity index is 2.17. The zero-order chi connectivity index (χ0) is 8.44. The second-order valence-corrected chi connectivity index (χ2v) is 3.70. The second kappa shape index (κ2) is 2.83. The molecule has 2 rings (SSSR count). The third-order valence-corrected chi connectivity index (χ3v) is 2.85. The first-order valence-corrected chi connectivity index (χ1v) is 4.63. The lowest BCUT2D eigenvalue weighted by Gasteiger charge is -2.17. The van der Waals surface area contributed by atoms with Gasteiger partial charge in [0.05, 0.1) is 5.54 Å². The summed E-state index contributed by atoms with van der Waals surface area (Å²) in [6, 6.07) is 0. The molecular formula is C9H13N3. The van der Waals surface area contributed by atoms with Crippen molar-refractivity contribution >= 4 is 0 Å². The maximum absolute atomic E-state index is 8.40. The number of hydrogen-bond acceptors (Lipinski definition) is 1. The Kier molecular flexibility index (Phi) is 1.81. The van der Waals surface area contributed by atoms with Crippen LogP contribution in [0.1, 0.15) is 38.5 Å². The van der Waals surface area contributed by atoms with Crippen LogP contribution in [0.5, 0.6) is 0 Å². The van der Waals surface area contributed by atoms with E-state index in [4.69, 9.17) is 5.53 Å². The fourth-order valence-corrected chi connectivity index (χ4v) is 1.95. The first-order valence-electron chi connectivity index (χ1n) is 4.63. The van der Waals surface area contributed by atoms with Crippen LogP contribution in [0.15, 0.2) is 16.8 Å². The molecule has 0 saturated heterocycles. The van der Waals surface area contributed by atoms with E-state index in [0.29, 0.717) is 0 Å². The van der Waals surface area contributed by atoms with Gasteiger partial charge in [-0.05, 0) is 44.1 Å². The van der Waals surface area contributed by atoms with Crippen molar-refractivity contribution in [2.75, 3.05) is 0 Å². The van der Waals surface area contributed by atoms with Gasteiger partial charge in [-0.25, -0.2) is 0 Å². The lowest BCUT2D eigenvalue weighted by atomic mass is 9.93. The van der Waals surface area contributed by atoms with Crippen LogP contribution in [0.3, 0.4) is 0 Å². The van der Waals surface area contributed by atoms with Crippen molar-refractivity contribution in [1.29, 1.82) is 0 Å². The lowest BCUT2D eigenvalue weighted by molar-refractivity contribution is 0.629. The van der Waals surface area contributed by atoms with Gasteiger partial charge in [0.25, 0.3) is 0 Å². The van der Waals surface area contributed by atoms with Crippen LogP contribution < -0.4 is 0 Å². The van der Waals surface area contributed by atoms with Crippen molar-refractivity contribution < 1.29 is 0 Å². The van der Waals surface area contributed by atoms with Crippen molar-refractivity contribution in [3.8, 4) is 0 Å². The molecule has 1 fully saturated rings. The van der Waals surface area contributed by atoms with Gasteiger partial charge in [0.15, 0.2) is 0 Å². The molecule has 0 aromatic heterocycles. The minimum atomic E-state index is -0.0603. The first-order chi connectivity index (χ1) is 5.87. The highest BCUT2D eigenvalue weighted by Gasteiger charge is 2.45. The molecule has 2 aliphatic carbocycles. The van der Waals surface area contributed by atoms with Gasteiger partial charge in [-0.3, -0.25) is 0 Å². The van der Waals surface area contributed by atoms with Crippen molar-refractivity contribution in [2.24, 2.45) is 5.11 Å². The summed E-state index contributed by atoms with van der Waals surface area (Å²) in [5.41, 5.74) is 9.75. The highest BCUT2D eigenvalue weighted by molar-refractivity contribution is 5.29. The number of hydrogen-bond donors (Lipinski definition) is 0. The van der Waals surface area contributed by atoms with E-state index in [-0.39, 0.29) is 5.54 Å². The molecule has 0 heterocycles. The van der Waals surface area contributed by atoms with E-state index in [2.05, 4.69) is 16.1 Å². The van der Waals surface area contributed by atoms with Crippen LogP contribution in [0.25, 0.3) is 10.4 Å². The van der Waals surface area contributed by atoms with Crippen LogP contribution in [-0.2, 0) is 0 Å². The van der Waals surface area contributed by atoms with Crippen LogP contribution in [-0.4, -0.2) is 5.54 Å². The van der Waals surface area contributed by atoms with Gasteiger partial charge in [0, 0.05) is 4.91 Å². The van der Waals surface area contributed by atoms with Crippen LogP contribution in [0, 0.1) is 0 Å². The van der Waals surface area contributed by atoms with E-state index in [1.54, 1.807) is 0 Å². The van der Waals surface area contributed by atoms with Crippen molar-refractivity contribution in [2.45, 2.75) is 44.1 Å². The fourth-order valence-electron chi connectivity index (χ4n) is 1.95. The zero-order valence-electron chi connectivity index (χ0n) is 7.16. The van der Waals surface area contributed by atoms with Gasteiger partial charge in [-0.15, -0.1) is 0 Å². The molecule has 1 saturated carbocycles. The summed E-state index contributed by atoms with van der Waals surface area (Å²) < 4.78 is 0. The van der Waals surface area contributed by atoms with E-state index in [9.17, 15) is 0 Å². The topological polar surface area (TPSA) is 48.8 Å². The van der Waals surface area contributed by atoms with Crippen LogP contribution >= 0.6 is 0 Å². The summed E-state index contributed by atoms with van der Waals surface area (Å²) in [4.78, 5) is 2.93. The minimum Gasteiger partial charge on any atom is -0.0846 e. The Bertz CT molecular complexity index is 257. The standard InChI is InChI=1S/C9H13N3/c10-12-11-9(6-7-9)8-4-2-1-3-5-8/h4H,1-3,5-7H2. The predicted molar refractivity (Wildman–Crippen MR) is 47.7 cm³/mol. The molecule has 0 bridgehead atoms. The molecule has 0 aliphatic heterocycles. The van der Waals surface area contributed by atoms with Gasteiger partial charge in [-0.1, -0.05) is 16.8 Å². The average molecular weight is 163 g/mol. The summed E-state index contributed by atoms with van der Waals surface area (Å²) in [7, 11) is 0. The Labute approximate surface area is 72.1 Å². The summed E-state index contributed by atoms with van der Waals surface area (Å²) in [5.74, 6) is 0. The zero-order valence-corrected chi connectivity index (χ0v) is 7.16. The third-order valence-electron chi connectivity index (χ3n) is 2.85. The molecule has 0 amide bonds. The van der Waals surface area contributed by atoms with E-state index >= 15 is 0 Å². The lowest BCUT2D eigenvalue weighted by Crippen LogP contribution is -2.10. The van der Waals surface area contributed by atoms with E-state index in [1.165, 1.54) is 24.8 Å². The van der Waals surface area contributed by atoms with E-state index in [1.807, 2.05) is 0 Å². The van der Waals surface area contributed by atoms with Crippen molar-refractivity contribution in [3.05, 3.63) is 22.1 Å². The molecular weight excluding hydrogens is 150 g/mol. The molecule has 3 nitrogen and oxygen atoms in total. The largest absolute Gasteiger partial charge is 0.0846 e. The molecule has 0 atom stereocenters. The normalized spacial score (nSPS) is 25.5. The third kappa shape index (κ3) is 1.21. The monoisotopic (exact) mass is 163 g/mol. The maximum Gasteiger partial charge on any atom is 0.0698 e. The quantitative estimate of drug-likeness (QED) is 0.259. The van der Waals surface area contributed by atoms with Gasteiger partial charge in [0.1, 0.15) is 0 Å². The molecule has 0 N–H and O–H groups in total. The second-order valence-electron chi connectivity index (χ2n) is 3.70. The molecule has 0 unspecified atom stereocenters. The number of rotatable bonds is 2. The SMILES string of the molecule is [N-]=[N+]=NC1(C2=CCCCC2)CC1. The molecule has 0 radical (unpaired) electrons. The van der Waals surface area contributed by atoms with Gasteiger partial charge in [-0.2, -0.15) is 0 Å². The van der Waals surface area contributed by atoms with Crippen LogP contribution in [0.4, 0.5) is 0 Å². The number of allylic oxidation sites excluding steroid dienone is 1. The van der Waals surface area contributed by atoms with Crippen molar-refractivity contribution in [1.82, 2.24) is 0 Å². The van der Waals surface area contributed by atoms with Crippen LogP contribution in [0.2, 0.25) is 0 Å². The first kappa shape index (κ1) is 7.69. The summed E-state index contributed by atoms with van der Waals surface area (Å²) >= 11 is 0. The average Bonchev–Trinajstić information content (AvgIpc) is 2.88. The van der Waals surface area contributed by atoms with Gasteiger partial charge < -0.3 is 0 Å². The maximum atomic E-state index is 8.40. The summed E-state index contributed by atoms with van der Waals surface area (Å²) in [6.07, 6.45) is 9.33. The number of azide groups is 1. The van der Waals surface area contributed by atoms with E-state index < -0.39 is 0 Å². The van der Waals surface area contributed by atoms with Gasteiger partial charge in [0.2, 0.25) is 0 Å². The van der Waals surface area contributed by atoms with Gasteiger partial charge >= 0.3 is 0 Å². The van der Waals surface area contributed by atoms with Crippen molar-refractivity contribution in [3.63, 3.8) is 0 Å². The molecule has 2 aliphatic rings. The fraction of sp³-hybridized carbons (Fsp3) is 0.778. The number of nitrogens with zero attached hydrogens (tertiary/aromatic N) is 3. The molecule has 0 aromatic carbocycles. The molecule has 0 aromatic rings. The predicted octanol–water partition coefficient (Wildman–Crippen LogP) is 3.33. The molecule has 64 valence electrons. The minimum absolute atomic E-state index is 0.0603. The summed E-state index contributed by atoms with van der Waals surface area (Å²) in [5, 5.41) is 3.90. The van der Waals surface area contributed by atoms with E-state index in [0.717, 1.165) is 19.3 Å². The Hall–Kier alpha value is -0.950. The highest BCUT2D eigenvalue weighted by atomic mass is 15.2. The Morgan fingerprint density at radius 1 is 1.42 bits per heavy atom. The Morgan fingerprint density at radius 2 is 2.25 bits per heavy atom.